The van der Waals surface area contributed by atoms with Crippen molar-refractivity contribution in [2.75, 3.05) is 19.5 Å². The molecule has 226 valence electrons. The SMILES string of the molecule is CCCCCCCCCCCCO[C@H]1O[C@H]([C@@H](CO[Si](C)(C)C(C)(C)C)OS(C)(=O)=O)[C@@H]2OC(C)(C)O[C@H]12. The summed E-state index contributed by atoms with van der Waals surface area (Å²) >= 11 is 0. The molecule has 2 heterocycles. The van der Waals surface area contributed by atoms with Gasteiger partial charge in [-0.3, -0.25) is 4.18 Å². The van der Waals surface area contributed by atoms with Crippen molar-refractivity contribution in [3.63, 3.8) is 0 Å². The Hall–Kier alpha value is -0.0731. The van der Waals surface area contributed by atoms with Crippen molar-refractivity contribution in [2.24, 2.45) is 0 Å². The summed E-state index contributed by atoms with van der Waals surface area (Å²) in [5, 5.41) is -0.0304. The maximum Gasteiger partial charge on any atom is 0.264 e. The Morgan fingerprint density at radius 3 is 1.95 bits per heavy atom. The molecule has 0 aliphatic carbocycles. The molecule has 38 heavy (non-hydrogen) atoms. The molecule has 10 heteroatoms. The zero-order chi connectivity index (χ0) is 28.6. The number of rotatable bonds is 18. The van der Waals surface area contributed by atoms with Crippen molar-refractivity contribution in [2.45, 2.75) is 160 Å². The van der Waals surface area contributed by atoms with Gasteiger partial charge in [0.25, 0.3) is 10.1 Å². The van der Waals surface area contributed by atoms with Crippen LogP contribution in [0.15, 0.2) is 0 Å². The second-order valence-corrected chi connectivity index (χ2v) is 19.4. The lowest BCUT2D eigenvalue weighted by Crippen LogP contribution is -2.48. The largest absolute Gasteiger partial charge is 0.414 e. The van der Waals surface area contributed by atoms with Crippen molar-refractivity contribution in [3.8, 4) is 0 Å². The summed E-state index contributed by atoms with van der Waals surface area (Å²) in [6.45, 7) is 17.3. The number of ether oxygens (including phenoxy) is 4. The molecule has 0 saturated carbocycles. The molecular weight excluding hydrogens is 524 g/mol. The molecule has 0 radical (unpaired) electrons. The highest BCUT2D eigenvalue weighted by atomic mass is 32.2. The predicted molar refractivity (Wildman–Crippen MR) is 153 cm³/mol. The third-order valence-corrected chi connectivity index (χ3v) is 13.0. The van der Waals surface area contributed by atoms with Crippen molar-refractivity contribution >= 4 is 18.4 Å². The van der Waals surface area contributed by atoms with E-state index in [0.29, 0.717) is 6.61 Å². The Morgan fingerprint density at radius 1 is 0.895 bits per heavy atom. The van der Waals surface area contributed by atoms with Crippen LogP contribution in [0.25, 0.3) is 0 Å². The van der Waals surface area contributed by atoms with Gasteiger partial charge in [0.1, 0.15) is 24.4 Å². The Kier molecular flexibility index (Phi) is 13.2. The van der Waals surface area contributed by atoms with E-state index in [0.717, 1.165) is 19.1 Å². The topological polar surface area (TPSA) is 89.5 Å². The van der Waals surface area contributed by atoms with Gasteiger partial charge in [-0.05, 0) is 38.4 Å². The average Bonchev–Trinajstić information content (AvgIpc) is 3.26. The third-order valence-electron chi connectivity index (χ3n) is 7.91. The monoisotopic (exact) mass is 580 g/mol. The molecule has 8 nitrogen and oxygen atoms in total. The molecular formula is C28H56O8SSi. The molecule has 0 N–H and O–H groups in total. The van der Waals surface area contributed by atoms with Gasteiger partial charge in [0, 0.05) is 6.61 Å². The Balaban J connectivity index is 1.93. The van der Waals surface area contributed by atoms with Gasteiger partial charge in [0.05, 0.1) is 12.9 Å². The van der Waals surface area contributed by atoms with E-state index in [2.05, 4.69) is 40.8 Å². The highest BCUT2D eigenvalue weighted by molar-refractivity contribution is 7.86. The molecule has 0 unspecified atom stereocenters. The van der Waals surface area contributed by atoms with E-state index >= 15 is 0 Å². The summed E-state index contributed by atoms with van der Waals surface area (Å²) in [5.74, 6) is -0.827. The van der Waals surface area contributed by atoms with E-state index in [9.17, 15) is 8.42 Å². The van der Waals surface area contributed by atoms with Gasteiger partial charge in [0.15, 0.2) is 20.4 Å². The van der Waals surface area contributed by atoms with Crippen LogP contribution in [0, 0.1) is 0 Å². The minimum absolute atomic E-state index is 0.0304. The van der Waals surface area contributed by atoms with Crippen molar-refractivity contribution in [1.82, 2.24) is 0 Å². The minimum Gasteiger partial charge on any atom is -0.414 e. The lowest BCUT2D eigenvalue weighted by atomic mass is 10.1. The summed E-state index contributed by atoms with van der Waals surface area (Å²) in [7, 11) is -5.91. The number of hydrogen-bond acceptors (Lipinski definition) is 8. The first-order valence-electron chi connectivity index (χ1n) is 14.7. The van der Waals surface area contributed by atoms with Crippen LogP contribution in [0.2, 0.25) is 18.1 Å². The van der Waals surface area contributed by atoms with E-state index in [1.54, 1.807) is 0 Å². The lowest BCUT2D eigenvalue weighted by Gasteiger charge is -2.38. The molecule has 0 spiro atoms. The lowest BCUT2D eigenvalue weighted by molar-refractivity contribution is -0.242. The van der Waals surface area contributed by atoms with Crippen LogP contribution in [-0.4, -0.2) is 72.7 Å². The quantitative estimate of drug-likeness (QED) is 0.103. The van der Waals surface area contributed by atoms with Gasteiger partial charge < -0.3 is 23.4 Å². The standard InChI is InChI=1S/C28H56O8SSi/c1-10-11-12-13-14-15-16-17-18-19-20-31-26-25-24(34-28(5,6)35-25)23(33-26)22(36-37(7,29)30)21-32-38(8,9)27(2,3)4/h22-26H,10-21H2,1-9H3/t22-,23-,24+,25+,26+/m1/s1. The maximum atomic E-state index is 12.2. The van der Waals surface area contributed by atoms with Crippen LogP contribution in [0.3, 0.4) is 0 Å². The number of hydrogen-bond donors (Lipinski definition) is 0. The number of unbranched alkanes of at least 4 members (excludes halogenated alkanes) is 9. The molecule has 2 rings (SSSR count). The highest BCUT2D eigenvalue weighted by Gasteiger charge is 2.58. The van der Waals surface area contributed by atoms with Crippen LogP contribution in [-0.2, 0) is 37.7 Å². The van der Waals surface area contributed by atoms with Gasteiger partial charge in [-0.25, -0.2) is 0 Å². The van der Waals surface area contributed by atoms with E-state index in [1.165, 1.54) is 51.4 Å². The smallest absolute Gasteiger partial charge is 0.264 e. The molecule has 0 bridgehead atoms. The predicted octanol–water partition coefficient (Wildman–Crippen LogP) is 6.54. The Morgan fingerprint density at radius 2 is 1.42 bits per heavy atom. The molecule has 5 atom stereocenters. The molecule has 2 aliphatic rings. The van der Waals surface area contributed by atoms with Crippen LogP contribution >= 0.6 is 0 Å². The fraction of sp³-hybridized carbons (Fsp3) is 1.00. The zero-order valence-corrected chi connectivity index (χ0v) is 27.4. The summed E-state index contributed by atoms with van der Waals surface area (Å²) < 4.78 is 60.9. The highest BCUT2D eigenvalue weighted by Crippen LogP contribution is 2.42. The van der Waals surface area contributed by atoms with Gasteiger partial charge in [0.2, 0.25) is 0 Å². The van der Waals surface area contributed by atoms with Gasteiger partial charge in [-0.15, -0.1) is 0 Å². The fourth-order valence-electron chi connectivity index (χ4n) is 4.72. The molecule has 2 aliphatic heterocycles. The Bertz CT molecular complexity index is 795. The second kappa shape index (κ2) is 14.7. The third kappa shape index (κ3) is 11.1. The van der Waals surface area contributed by atoms with Crippen LogP contribution in [0.1, 0.15) is 106 Å². The van der Waals surface area contributed by atoms with Crippen LogP contribution in [0.5, 0.6) is 0 Å². The van der Waals surface area contributed by atoms with E-state index < -0.39 is 54.9 Å². The first kappa shape index (κ1) is 34.1. The zero-order valence-electron chi connectivity index (χ0n) is 25.5. The molecule has 0 amide bonds. The van der Waals surface area contributed by atoms with Gasteiger partial charge in [-0.1, -0.05) is 85.5 Å². The molecule has 2 fully saturated rings. The Labute approximate surface area is 234 Å². The summed E-state index contributed by atoms with van der Waals surface area (Å²) in [6, 6.07) is 0. The summed E-state index contributed by atoms with van der Waals surface area (Å²) in [4.78, 5) is 0. The first-order valence-corrected chi connectivity index (χ1v) is 19.4. The van der Waals surface area contributed by atoms with Crippen molar-refractivity contribution in [1.29, 1.82) is 0 Å². The van der Waals surface area contributed by atoms with E-state index in [1.807, 2.05) is 13.8 Å². The van der Waals surface area contributed by atoms with E-state index in [4.69, 9.17) is 27.6 Å². The second-order valence-electron chi connectivity index (χ2n) is 13.0. The maximum absolute atomic E-state index is 12.2. The van der Waals surface area contributed by atoms with Crippen molar-refractivity contribution in [3.05, 3.63) is 0 Å². The van der Waals surface area contributed by atoms with Crippen molar-refractivity contribution < 1.29 is 36.0 Å². The van der Waals surface area contributed by atoms with Crippen LogP contribution in [0.4, 0.5) is 0 Å². The van der Waals surface area contributed by atoms with E-state index in [-0.39, 0.29) is 11.6 Å². The average molecular weight is 581 g/mol. The van der Waals surface area contributed by atoms with Gasteiger partial charge in [-0.2, -0.15) is 8.42 Å². The number of fused-ring (bicyclic) bond motifs is 1. The van der Waals surface area contributed by atoms with Gasteiger partial charge >= 0.3 is 0 Å². The molecule has 2 saturated heterocycles. The van der Waals surface area contributed by atoms with Crippen LogP contribution < -0.4 is 0 Å². The summed E-state index contributed by atoms with van der Waals surface area (Å²) in [5.41, 5.74) is 0. The molecule has 0 aromatic rings. The molecule has 0 aromatic carbocycles. The normalized spacial score (nSPS) is 26.6. The fourth-order valence-corrected chi connectivity index (χ4v) is 6.35. The minimum atomic E-state index is -3.76. The summed E-state index contributed by atoms with van der Waals surface area (Å²) in [6.07, 6.45) is 10.4. The molecule has 0 aromatic heterocycles. The first-order chi connectivity index (χ1) is 17.6.